The third kappa shape index (κ3) is 16.1. The van der Waals surface area contributed by atoms with Crippen LogP contribution in [0.1, 0.15) is 36.0 Å². The van der Waals surface area contributed by atoms with Gasteiger partial charge < -0.3 is 60.8 Å². The monoisotopic (exact) mass is 1370 g/mol. The number of fused-ring (bicyclic) bond motifs is 6. The molecule has 25 heteroatoms. The molecular formula is C74H70ClFN3O20+. The Balaban J connectivity index is 0.000000150. The van der Waals surface area contributed by atoms with Gasteiger partial charge in [0.2, 0.25) is 0 Å². The van der Waals surface area contributed by atoms with E-state index in [1.54, 1.807) is 80.9 Å². The number of rotatable bonds is 21. The standard InChI is InChI=1S/C25H24ClNO7.C25H25NO8.C24H20FNO5/c1-31-9-7-27(8-10-32-2)14-20-21(28)5-4-17-18(13-23(29)34-24(17)20)19-12-15-11-16(26)3-6-22(15)33-25(19)30;1-31-11-9-26(30,10-12-32-2)15-20-21(27)8-7-17-18(14-23(28)34-24(17)20)19-13-16-5-3-4-6-22(16)33-25(19)29;25-15-4-7-21-14(10-15)11-18(24(29)30-21)17-12-22(28)31-23-16(17)5-6-20(27)19(23)13-26-8-2-1-3-9-26/h3-6,11-13,28H,7-10,14H2,1-2H3;3-8,13-14,30H,9-12,15H2,1-2H3;4-7,10-12,27H,1-3,8-9,13H2/p+1. The van der Waals surface area contributed by atoms with Crippen LogP contribution in [0.3, 0.4) is 0 Å². The molecule has 7 heterocycles. The van der Waals surface area contributed by atoms with Gasteiger partial charge in [0.05, 0.1) is 59.8 Å². The van der Waals surface area contributed by atoms with E-state index in [0.717, 1.165) is 25.9 Å². The zero-order valence-electron chi connectivity index (χ0n) is 54.4. The Kier molecular flexibility index (Phi) is 22.1. The van der Waals surface area contributed by atoms with E-state index in [4.69, 9.17) is 57.1 Å². The first-order valence-corrected chi connectivity index (χ1v) is 32.0. The van der Waals surface area contributed by atoms with Crippen molar-refractivity contribution < 1.29 is 75.0 Å². The molecule has 12 aromatic rings. The molecule has 1 fully saturated rings. The summed E-state index contributed by atoms with van der Waals surface area (Å²) in [6.07, 6.45) is 3.33. The van der Waals surface area contributed by atoms with Crippen molar-refractivity contribution in [3.63, 3.8) is 0 Å². The summed E-state index contributed by atoms with van der Waals surface area (Å²) in [6.45, 7) is 5.52. The van der Waals surface area contributed by atoms with Crippen LogP contribution in [0.4, 0.5) is 4.39 Å². The second-order valence-corrected chi connectivity index (χ2v) is 24.2. The van der Waals surface area contributed by atoms with Crippen molar-refractivity contribution in [2.45, 2.75) is 38.9 Å². The fraction of sp³-hybridized carbons (Fsp3) is 0.270. The highest BCUT2D eigenvalue weighted by Gasteiger charge is 2.31. The first-order valence-electron chi connectivity index (χ1n) is 31.6. The SMILES string of the molecule is COCCN(CCOC)Cc1c(O)ccc2c(-c3cc4cc(Cl)ccc4oc3=O)cc(=O)oc12.COCC[N+](O)(CCOC)Cc1c(O)ccc2c(-c3cc4ccccc4oc3=O)cc(=O)oc12.O=c1cc(-c2cc3cc(F)ccc3oc2=O)c2ccc(O)c(CN3CCCCC3)c2o1. The maximum Gasteiger partial charge on any atom is 0.344 e. The lowest BCUT2D eigenvalue weighted by Crippen LogP contribution is -2.48. The van der Waals surface area contributed by atoms with Crippen LogP contribution in [0.15, 0.2) is 189 Å². The quantitative estimate of drug-likeness (QED) is 0.0295. The number of hydrogen-bond donors (Lipinski definition) is 4. The van der Waals surface area contributed by atoms with E-state index in [0.29, 0.717) is 109 Å². The van der Waals surface area contributed by atoms with Crippen LogP contribution in [-0.2, 0) is 38.6 Å². The summed E-state index contributed by atoms with van der Waals surface area (Å²) in [5.74, 6) is -0.598. The predicted molar refractivity (Wildman–Crippen MR) is 369 cm³/mol. The molecular weight excluding hydrogens is 1310 g/mol. The van der Waals surface area contributed by atoms with Gasteiger partial charge in [-0.25, -0.2) is 38.4 Å². The molecule has 0 amide bonds. The van der Waals surface area contributed by atoms with E-state index in [-0.39, 0.29) is 101 Å². The minimum Gasteiger partial charge on any atom is -0.507 e. The van der Waals surface area contributed by atoms with Gasteiger partial charge in [0, 0.05) is 127 Å². The first kappa shape index (κ1) is 70.2. The number of benzene rings is 6. The van der Waals surface area contributed by atoms with E-state index >= 15 is 0 Å². The summed E-state index contributed by atoms with van der Waals surface area (Å²) in [5.41, 5.74) is 0.431. The molecule has 0 bridgehead atoms. The Bertz CT molecular complexity index is 5330. The topological polar surface area (TPSA) is 306 Å². The number of hydroxylamine groups is 3. The van der Waals surface area contributed by atoms with Crippen molar-refractivity contribution in [2.75, 3.05) is 94.1 Å². The molecule has 1 saturated heterocycles. The summed E-state index contributed by atoms with van der Waals surface area (Å²) >= 11 is 6.10. The highest BCUT2D eigenvalue weighted by atomic mass is 35.5. The van der Waals surface area contributed by atoms with Crippen LogP contribution < -0.4 is 33.8 Å². The molecule has 13 rings (SSSR count). The molecule has 23 nitrogen and oxygen atoms in total. The number of aromatic hydroxyl groups is 3. The van der Waals surface area contributed by atoms with Gasteiger partial charge >= 0.3 is 33.8 Å². The Hall–Kier alpha value is -10.1. The average molecular weight is 1380 g/mol. The van der Waals surface area contributed by atoms with Crippen molar-refractivity contribution in [3.05, 3.63) is 224 Å². The summed E-state index contributed by atoms with van der Waals surface area (Å²) in [4.78, 5) is 80.0. The minimum atomic E-state index is -0.702. The van der Waals surface area contributed by atoms with Crippen LogP contribution in [-0.4, -0.2) is 129 Å². The van der Waals surface area contributed by atoms with Gasteiger partial charge in [-0.15, -0.1) is 0 Å². The first-order chi connectivity index (χ1) is 47.7. The van der Waals surface area contributed by atoms with Crippen LogP contribution in [0.5, 0.6) is 17.2 Å². The van der Waals surface area contributed by atoms with Crippen molar-refractivity contribution in [1.82, 2.24) is 9.80 Å². The second-order valence-electron chi connectivity index (χ2n) is 23.8. The predicted octanol–water partition coefficient (Wildman–Crippen LogP) is 11.7. The number of piperidine rings is 1. The van der Waals surface area contributed by atoms with Gasteiger partial charge in [-0.2, -0.15) is 4.65 Å². The number of methoxy groups -OCH3 is 4. The molecule has 4 N–H and O–H groups in total. The molecule has 0 saturated carbocycles. The summed E-state index contributed by atoms with van der Waals surface area (Å²) in [5, 5.41) is 46.7. The Labute approximate surface area is 566 Å². The normalized spacial score (nSPS) is 12.8. The molecule has 0 unspecified atom stereocenters. The molecule has 1 aliphatic heterocycles. The van der Waals surface area contributed by atoms with Crippen LogP contribution in [0.25, 0.3) is 99.2 Å². The molecule has 6 aromatic heterocycles. The minimum absolute atomic E-state index is 0.0232. The molecule has 0 atom stereocenters. The van der Waals surface area contributed by atoms with Gasteiger partial charge in [0.1, 0.15) is 70.6 Å². The number of quaternary nitrogens is 1. The lowest BCUT2D eigenvalue weighted by Gasteiger charge is -2.30. The van der Waals surface area contributed by atoms with Crippen LogP contribution in [0, 0.1) is 5.82 Å². The molecule has 6 aromatic carbocycles. The Morgan fingerprint density at radius 3 is 1.42 bits per heavy atom. The van der Waals surface area contributed by atoms with E-state index in [2.05, 4.69) is 4.90 Å². The number of phenolic OH excluding ortho intramolecular Hbond substituents is 3. The average Bonchev–Trinajstić information content (AvgIpc) is 0.770. The van der Waals surface area contributed by atoms with Gasteiger partial charge in [-0.05, 0) is 123 Å². The van der Waals surface area contributed by atoms with E-state index in [1.165, 1.54) is 81.3 Å². The number of phenols is 3. The molecule has 514 valence electrons. The maximum absolute atomic E-state index is 13.7. The molecule has 0 radical (unpaired) electrons. The maximum atomic E-state index is 13.7. The number of ether oxygens (including phenoxy) is 4. The second kappa shape index (κ2) is 31.2. The number of likely N-dealkylation sites (tertiary alicyclic amines) is 1. The van der Waals surface area contributed by atoms with Crippen molar-refractivity contribution in [1.29, 1.82) is 0 Å². The Morgan fingerprint density at radius 2 is 0.909 bits per heavy atom. The Morgan fingerprint density at radius 1 is 0.475 bits per heavy atom. The number of para-hydroxylation sites is 1. The van der Waals surface area contributed by atoms with Gasteiger partial charge in [0.15, 0.2) is 5.58 Å². The summed E-state index contributed by atoms with van der Waals surface area (Å²) in [7, 11) is 6.27. The fourth-order valence-corrected chi connectivity index (χ4v) is 12.3. The van der Waals surface area contributed by atoms with E-state index in [1.807, 2.05) is 11.0 Å². The fourth-order valence-electron chi connectivity index (χ4n) is 12.1. The highest BCUT2D eigenvalue weighted by molar-refractivity contribution is 6.31. The number of hydrogen-bond acceptors (Lipinski definition) is 22. The lowest BCUT2D eigenvalue weighted by atomic mass is 9.99. The van der Waals surface area contributed by atoms with Crippen molar-refractivity contribution in [2.24, 2.45) is 0 Å². The molecule has 0 spiro atoms. The highest BCUT2D eigenvalue weighted by Crippen LogP contribution is 2.38. The molecule has 99 heavy (non-hydrogen) atoms. The largest absolute Gasteiger partial charge is 0.507 e. The van der Waals surface area contributed by atoms with E-state index < -0.39 is 44.2 Å². The summed E-state index contributed by atoms with van der Waals surface area (Å²) in [6, 6.07) is 33.7. The van der Waals surface area contributed by atoms with Gasteiger partial charge in [-0.3, -0.25) is 9.80 Å². The molecule has 0 aliphatic carbocycles. The van der Waals surface area contributed by atoms with Gasteiger partial charge in [0.25, 0.3) is 0 Å². The van der Waals surface area contributed by atoms with Crippen LogP contribution in [0.2, 0.25) is 5.02 Å². The zero-order valence-corrected chi connectivity index (χ0v) is 55.2. The van der Waals surface area contributed by atoms with Gasteiger partial charge in [-0.1, -0.05) is 36.2 Å². The zero-order chi connectivity index (χ0) is 70.1. The number of halogens is 2. The lowest BCUT2D eigenvalue weighted by molar-refractivity contribution is -1.11. The third-order valence-corrected chi connectivity index (χ3v) is 17.4. The smallest absolute Gasteiger partial charge is 0.344 e. The van der Waals surface area contributed by atoms with Crippen LogP contribution >= 0.6 is 11.6 Å². The number of nitrogens with zero attached hydrogens (tertiary/aromatic N) is 3. The third-order valence-electron chi connectivity index (χ3n) is 17.2. The van der Waals surface area contributed by atoms with Crippen molar-refractivity contribution in [3.8, 4) is 50.6 Å². The summed E-state index contributed by atoms with van der Waals surface area (Å²) < 4.78 is 66.6. The van der Waals surface area contributed by atoms with E-state index in [9.17, 15) is 53.7 Å². The molecule has 1 aliphatic rings. The van der Waals surface area contributed by atoms with Crippen molar-refractivity contribution >= 4 is 77.4 Å².